The minimum Gasteiger partial charge on any atom is -0.335 e. The van der Waals surface area contributed by atoms with E-state index in [0.29, 0.717) is 18.8 Å². The van der Waals surface area contributed by atoms with Crippen molar-refractivity contribution in [3.63, 3.8) is 0 Å². The van der Waals surface area contributed by atoms with E-state index in [2.05, 4.69) is 56.3 Å². The van der Waals surface area contributed by atoms with Gasteiger partial charge in [0.2, 0.25) is 5.91 Å². The van der Waals surface area contributed by atoms with Crippen molar-refractivity contribution in [1.29, 1.82) is 0 Å². The Morgan fingerprint density at radius 2 is 1.89 bits per heavy atom. The average Bonchev–Trinajstić information content (AvgIpc) is 3.07. The summed E-state index contributed by atoms with van der Waals surface area (Å²) in [7, 11) is 1.76. The van der Waals surface area contributed by atoms with Gasteiger partial charge in [-0.2, -0.15) is 0 Å². The number of unbranched alkanes of at least 4 members (excludes halogenated alkanes) is 2. The van der Waals surface area contributed by atoms with E-state index in [1.807, 2.05) is 80.6 Å². The number of carbonyl (C=O) groups is 1. The Morgan fingerprint density at radius 3 is 2.57 bits per heavy atom. The van der Waals surface area contributed by atoms with Crippen LogP contribution in [0, 0.1) is 17.8 Å². The normalized spacial score (nSPS) is 19.0. The predicted molar refractivity (Wildman–Crippen MR) is 202 cm³/mol. The molecule has 1 aliphatic rings. The topological polar surface area (TPSA) is 45.0 Å². The number of carbonyl (C=O) groups excluding carboxylic acids is 1. The zero-order valence-corrected chi connectivity index (χ0v) is 29.6. The minimum atomic E-state index is -0.00918. The molecule has 0 aliphatic heterocycles. The molecule has 0 saturated heterocycles. The number of likely N-dealkylation sites (N-methyl/N-ethyl adjacent to an activating group) is 1. The lowest BCUT2D eigenvalue weighted by Crippen LogP contribution is -2.28. The van der Waals surface area contributed by atoms with E-state index < -0.39 is 0 Å². The fraction of sp³-hybridized carbons (Fsp3) is 0.452. The molecule has 1 aliphatic carbocycles. The second kappa shape index (κ2) is 21.9. The Balaban J connectivity index is 1.96. The molecular formula is C42H59N3O. The first-order valence-electron chi connectivity index (χ1n) is 17.3. The van der Waals surface area contributed by atoms with E-state index in [4.69, 9.17) is 4.99 Å². The maximum Gasteiger partial charge on any atom is 0.246 e. The SMILES string of the molecule is C=CC(=C\C=C\CCCCC1CCCCC1C)/C(C=NC(=C)c1cccc(CN(CC)C(=O)/C=C\C(C)/C(C=NC)=C/C)c1)=C/C. The monoisotopic (exact) mass is 621 g/mol. The van der Waals surface area contributed by atoms with Crippen molar-refractivity contribution in [2.75, 3.05) is 13.6 Å². The number of hydrogen-bond acceptors (Lipinski definition) is 3. The zero-order valence-electron chi connectivity index (χ0n) is 29.6. The minimum absolute atomic E-state index is 0.00918. The van der Waals surface area contributed by atoms with E-state index in [0.717, 1.165) is 46.1 Å². The van der Waals surface area contributed by atoms with Crippen LogP contribution in [0.2, 0.25) is 0 Å². The number of allylic oxidation sites excluding steroid dienone is 10. The Hall–Kier alpha value is -3.79. The highest BCUT2D eigenvalue weighted by Gasteiger charge is 2.20. The number of hydrogen-bond donors (Lipinski definition) is 0. The summed E-state index contributed by atoms with van der Waals surface area (Å²) in [5, 5.41) is 0. The van der Waals surface area contributed by atoms with E-state index in [-0.39, 0.29) is 11.8 Å². The lowest BCUT2D eigenvalue weighted by molar-refractivity contribution is -0.126. The fourth-order valence-corrected chi connectivity index (χ4v) is 6.04. The van der Waals surface area contributed by atoms with Gasteiger partial charge in [0.05, 0.1) is 5.70 Å². The van der Waals surface area contributed by atoms with Crippen molar-refractivity contribution in [2.45, 2.75) is 92.5 Å². The summed E-state index contributed by atoms with van der Waals surface area (Å²) in [5.74, 6) is 1.95. The molecule has 1 aromatic carbocycles. The summed E-state index contributed by atoms with van der Waals surface area (Å²) < 4.78 is 0. The van der Waals surface area contributed by atoms with Gasteiger partial charge < -0.3 is 4.90 Å². The first-order valence-corrected chi connectivity index (χ1v) is 17.3. The molecule has 3 atom stereocenters. The molecule has 4 heteroatoms. The number of benzene rings is 1. The van der Waals surface area contributed by atoms with Crippen molar-refractivity contribution in [2.24, 2.45) is 27.7 Å². The van der Waals surface area contributed by atoms with Gasteiger partial charge in [-0.1, -0.05) is 126 Å². The maximum absolute atomic E-state index is 13.0. The lowest BCUT2D eigenvalue weighted by atomic mass is 9.78. The van der Waals surface area contributed by atoms with Crippen molar-refractivity contribution in [1.82, 2.24) is 4.90 Å². The molecule has 0 bridgehead atoms. The van der Waals surface area contributed by atoms with Gasteiger partial charge in [0.1, 0.15) is 0 Å². The Kier molecular flexibility index (Phi) is 18.2. The predicted octanol–water partition coefficient (Wildman–Crippen LogP) is 10.9. The van der Waals surface area contributed by atoms with Crippen LogP contribution in [-0.2, 0) is 11.3 Å². The molecule has 1 saturated carbocycles. The van der Waals surface area contributed by atoms with Gasteiger partial charge in [0.15, 0.2) is 0 Å². The van der Waals surface area contributed by atoms with E-state index >= 15 is 0 Å². The molecule has 248 valence electrons. The summed E-state index contributed by atoms with van der Waals surface area (Å²) >= 11 is 0. The van der Waals surface area contributed by atoms with Crippen LogP contribution in [0.3, 0.4) is 0 Å². The molecule has 0 N–H and O–H groups in total. The standard InChI is InChI=1S/C42H59N3O/c1-9-37(23-16-14-13-15-17-24-40-25-19-18-21-33(40)5)39(11-3)31-44-35(7)41-26-20-22-36(29-41)32-45(12-4)42(46)28-27-34(6)38(10-2)30-43-8/h9-11,14,16,20,22-23,26-31,33-34,40H,1,7,12-13,15,17-19,21,24-25,32H2,2-6,8H3/b16-14+,28-27-,37-23+,38-10+,39-11+,43-30?,44-31?. The van der Waals surface area contributed by atoms with Crippen LogP contribution < -0.4 is 0 Å². The van der Waals surface area contributed by atoms with Crippen LogP contribution in [0.5, 0.6) is 0 Å². The molecular weight excluding hydrogens is 562 g/mol. The van der Waals surface area contributed by atoms with Gasteiger partial charge in [-0.05, 0) is 85.4 Å². The molecule has 0 radical (unpaired) electrons. The van der Waals surface area contributed by atoms with Crippen LogP contribution in [0.1, 0.15) is 97.1 Å². The quantitative estimate of drug-likeness (QED) is 0.0696. The highest BCUT2D eigenvalue weighted by atomic mass is 16.2. The summed E-state index contributed by atoms with van der Waals surface area (Å²) in [5.41, 5.74) is 5.75. The molecule has 4 nitrogen and oxygen atoms in total. The van der Waals surface area contributed by atoms with Gasteiger partial charge in [-0.15, -0.1) is 0 Å². The Labute approximate surface area is 280 Å². The van der Waals surface area contributed by atoms with Gasteiger partial charge in [0, 0.05) is 38.5 Å². The van der Waals surface area contributed by atoms with Crippen LogP contribution in [0.25, 0.3) is 5.70 Å². The first-order chi connectivity index (χ1) is 22.3. The fourth-order valence-electron chi connectivity index (χ4n) is 6.04. The number of amides is 1. The van der Waals surface area contributed by atoms with E-state index in [9.17, 15) is 4.79 Å². The Morgan fingerprint density at radius 1 is 1.11 bits per heavy atom. The summed E-state index contributed by atoms with van der Waals surface area (Å²) in [4.78, 5) is 23.7. The van der Waals surface area contributed by atoms with Crippen molar-refractivity contribution >= 4 is 24.0 Å². The zero-order chi connectivity index (χ0) is 33.7. The second-order valence-corrected chi connectivity index (χ2v) is 12.4. The van der Waals surface area contributed by atoms with Gasteiger partial charge in [0.25, 0.3) is 0 Å². The summed E-state index contributed by atoms with van der Waals surface area (Å²) in [6.45, 7) is 19.9. The van der Waals surface area contributed by atoms with Crippen molar-refractivity contribution < 1.29 is 4.79 Å². The Bertz CT molecular complexity index is 1340. The second-order valence-electron chi connectivity index (χ2n) is 12.4. The van der Waals surface area contributed by atoms with E-state index in [1.165, 1.54) is 44.9 Å². The molecule has 0 heterocycles. The van der Waals surface area contributed by atoms with E-state index in [1.54, 1.807) is 13.1 Å². The highest BCUT2D eigenvalue weighted by molar-refractivity contribution is 5.90. The van der Waals surface area contributed by atoms with Crippen LogP contribution in [0.4, 0.5) is 0 Å². The molecule has 2 rings (SSSR count). The third-order valence-electron chi connectivity index (χ3n) is 9.11. The largest absolute Gasteiger partial charge is 0.335 e. The summed E-state index contributed by atoms with van der Waals surface area (Å²) in [6, 6.07) is 8.11. The van der Waals surface area contributed by atoms with Crippen molar-refractivity contribution in [3.8, 4) is 0 Å². The smallest absolute Gasteiger partial charge is 0.246 e. The summed E-state index contributed by atoms with van der Waals surface area (Å²) in [6.07, 6.45) is 30.5. The molecule has 0 aromatic heterocycles. The molecule has 1 amide bonds. The molecule has 46 heavy (non-hydrogen) atoms. The van der Waals surface area contributed by atoms with Gasteiger partial charge >= 0.3 is 0 Å². The molecule has 1 fully saturated rings. The van der Waals surface area contributed by atoms with Crippen LogP contribution in [0.15, 0.2) is 113 Å². The molecule has 1 aromatic rings. The number of rotatable bonds is 18. The molecule has 0 spiro atoms. The van der Waals surface area contributed by atoms with Gasteiger partial charge in [-0.25, -0.2) is 0 Å². The third kappa shape index (κ3) is 13.3. The van der Waals surface area contributed by atoms with Gasteiger partial charge in [-0.3, -0.25) is 14.8 Å². The number of nitrogens with zero attached hydrogens (tertiary/aromatic N) is 3. The van der Waals surface area contributed by atoms with Crippen LogP contribution >= 0.6 is 0 Å². The number of aliphatic imine (C=N–C) groups is 2. The molecule has 3 unspecified atom stereocenters. The van der Waals surface area contributed by atoms with Crippen molar-refractivity contribution in [3.05, 3.63) is 114 Å². The maximum atomic E-state index is 13.0. The average molecular weight is 622 g/mol. The highest BCUT2D eigenvalue weighted by Crippen LogP contribution is 2.33. The first kappa shape index (κ1) is 38.4. The van der Waals surface area contributed by atoms with Crippen LogP contribution in [-0.4, -0.2) is 36.8 Å². The third-order valence-corrected chi connectivity index (χ3v) is 9.11. The lowest BCUT2D eigenvalue weighted by Gasteiger charge is -2.28.